The molecule has 2 atom stereocenters. The average Bonchev–Trinajstić information content (AvgIpc) is 0.746. The van der Waals surface area contributed by atoms with Crippen molar-refractivity contribution in [1.29, 1.82) is 10.5 Å². The number of nitrogens with zero attached hydrogens (tertiary/aromatic N) is 4. The molecule has 10 heteroatoms. The zero-order valence-corrected chi connectivity index (χ0v) is 64.3. The van der Waals surface area contributed by atoms with Gasteiger partial charge in [-0.05, 0) is 129 Å². The third-order valence-electron chi connectivity index (χ3n) is 22.3. The van der Waals surface area contributed by atoms with Crippen LogP contribution in [0.15, 0.2) is 253 Å². The van der Waals surface area contributed by atoms with Crippen molar-refractivity contribution in [1.82, 2.24) is 0 Å². The molecule has 0 saturated heterocycles. The van der Waals surface area contributed by atoms with Gasteiger partial charge in [0.05, 0.1) is 59.2 Å². The number of ether oxygens (including phenoxy) is 1. The molecule has 5 fully saturated rings. The van der Waals surface area contributed by atoms with Crippen LogP contribution < -0.4 is 43.7 Å². The van der Waals surface area contributed by atoms with E-state index in [1.165, 1.54) is 173 Å². The maximum absolute atomic E-state index is 7.32. The van der Waals surface area contributed by atoms with Gasteiger partial charge >= 0.3 is 17.1 Å². The van der Waals surface area contributed by atoms with Crippen LogP contribution in [0.5, 0.6) is 0 Å². The van der Waals surface area contributed by atoms with Crippen molar-refractivity contribution in [2.45, 2.75) is 217 Å². The molecule has 0 aliphatic heterocycles. The molecule has 0 radical (unpaired) electrons. The van der Waals surface area contributed by atoms with Crippen LogP contribution in [-0.2, 0) is 21.8 Å². The van der Waals surface area contributed by atoms with Crippen molar-refractivity contribution in [3.05, 3.63) is 243 Å². The normalized spacial score (nSPS) is 17.7. The summed E-state index contributed by atoms with van der Waals surface area (Å²) in [5.74, 6) is 0. The van der Waals surface area contributed by atoms with Gasteiger partial charge in [0.1, 0.15) is 12.3 Å². The molecule has 5 nitrogen and oxygen atoms in total. The first-order valence-corrected chi connectivity index (χ1v) is 42.4. The van der Waals surface area contributed by atoms with Crippen LogP contribution in [-0.4, -0.2) is 85.0 Å². The van der Waals surface area contributed by atoms with Gasteiger partial charge in [0.15, 0.2) is 0 Å². The first-order valence-electron chi connectivity index (χ1n) is 38.7. The Labute approximate surface area is 619 Å². The molecule has 5 aliphatic rings. The predicted octanol–water partition coefficient (Wildman–Crippen LogP) is 18.4. The molecule has 100 heavy (non-hydrogen) atoms. The van der Waals surface area contributed by atoms with Crippen molar-refractivity contribution in [3.63, 3.8) is 0 Å². The third kappa shape index (κ3) is 23.5. The van der Waals surface area contributed by atoms with Crippen molar-refractivity contribution < 1.29 is 21.8 Å². The van der Waals surface area contributed by atoms with Crippen molar-refractivity contribution in [3.8, 4) is 12.1 Å². The quantitative estimate of drug-likeness (QED) is 0.0433. The van der Waals surface area contributed by atoms with Crippen LogP contribution in [0.2, 0.25) is 0 Å². The van der Waals surface area contributed by atoms with Crippen LogP contribution in [0.3, 0.4) is 0 Å². The largest absolute Gasteiger partial charge is 2.00 e. The van der Waals surface area contributed by atoms with Gasteiger partial charge in [-0.2, -0.15) is 54.2 Å². The van der Waals surface area contributed by atoms with E-state index in [4.69, 9.17) is 25.2 Å². The Hall–Kier alpha value is -6.45. The molecule has 526 valence electrons. The van der Waals surface area contributed by atoms with Crippen LogP contribution in [0, 0.1) is 22.7 Å². The zero-order chi connectivity index (χ0) is 69.3. The van der Waals surface area contributed by atoms with E-state index >= 15 is 0 Å². The Balaban J connectivity index is 0.000000200. The summed E-state index contributed by atoms with van der Waals surface area (Å²) in [6.07, 6.45) is 41.0. The van der Waals surface area contributed by atoms with Gasteiger partial charge in [-0.3, -0.25) is 9.98 Å². The van der Waals surface area contributed by atoms with Gasteiger partial charge in [0, 0.05) is 55.3 Å². The molecule has 5 saturated carbocycles. The summed E-state index contributed by atoms with van der Waals surface area (Å²) in [6.45, 7) is 8.53. The molecule has 0 aromatic heterocycles. The fraction of sp³-hybridized carbons (Fsp3) is 0.422. The Morgan fingerprint density at radius 3 is 0.650 bits per heavy atom. The maximum atomic E-state index is 7.32. The third-order valence-corrected chi connectivity index (χ3v) is 30.1. The Morgan fingerprint density at radius 1 is 0.320 bits per heavy atom. The van der Waals surface area contributed by atoms with E-state index in [1.807, 2.05) is 13.8 Å². The van der Waals surface area contributed by atoms with Crippen LogP contribution in [0.1, 0.15) is 182 Å². The van der Waals surface area contributed by atoms with E-state index in [0.717, 1.165) is 35.8 Å². The molecule has 5 aliphatic carbocycles. The number of benzene rings is 8. The summed E-state index contributed by atoms with van der Waals surface area (Å²) in [4.78, 5) is 10.7. The van der Waals surface area contributed by atoms with E-state index < -0.39 is 12.3 Å². The summed E-state index contributed by atoms with van der Waals surface area (Å²) in [7, 11) is -0.598. The van der Waals surface area contributed by atoms with E-state index in [0.29, 0.717) is 12.1 Å². The number of hydrogen-bond donors (Lipinski definition) is 0. The Morgan fingerprint density at radius 2 is 0.490 bits per heavy atom. The molecule has 8 aromatic carbocycles. The number of nitriles is 2. The monoisotopic (exact) mass is 1410 g/mol. The fourth-order valence-corrected chi connectivity index (χ4v) is 25.6. The Kier molecular flexibility index (Phi) is 38.0. The Bertz CT molecular complexity index is 2920. The van der Waals surface area contributed by atoms with Crippen LogP contribution in [0.25, 0.3) is 0 Å². The number of aliphatic imine (C=N–C) groups is 2. The minimum atomic E-state index is -1.22. The molecule has 0 unspecified atom stereocenters. The summed E-state index contributed by atoms with van der Waals surface area (Å²) in [6, 6.07) is 91.5. The number of hydrogen-bond acceptors (Lipinski definition) is 5. The van der Waals surface area contributed by atoms with Gasteiger partial charge < -0.3 is 4.74 Å². The van der Waals surface area contributed by atoms with Crippen LogP contribution >= 0.6 is 15.8 Å². The SMILES string of the molecule is C(C[PH+](C1CCCCC1)C1CCCCC1)=N[C@@H]1CCCC[C@H]1N=CC[PH+](C1CCCCC1)C1CCCCC1.CC#N.CC#N.CCOCC.[Fe+2].c1ccc([B-](c2ccccc2)(c2ccccc2)c2ccccc2)cc1.c1ccc([B-](c2ccccc2)(c2ccccc2)c2ccccc2)cc1. The molecule has 0 N–H and O–H groups in total. The van der Waals surface area contributed by atoms with Crippen molar-refractivity contribution >= 4 is 84.3 Å². The van der Waals surface area contributed by atoms with Gasteiger partial charge in [0.2, 0.25) is 0 Å². The van der Waals surface area contributed by atoms with Crippen molar-refractivity contribution in [2.24, 2.45) is 9.98 Å². The first kappa shape index (κ1) is 80.9. The van der Waals surface area contributed by atoms with E-state index in [1.54, 1.807) is 63.5 Å². The molecule has 0 bridgehead atoms. The molecule has 0 spiro atoms. The molecule has 0 heterocycles. The maximum Gasteiger partial charge on any atom is 2.00 e. The summed E-state index contributed by atoms with van der Waals surface area (Å²) in [5, 5.41) is 14.6. The second-order valence-corrected chi connectivity index (χ2v) is 34.6. The second kappa shape index (κ2) is 46.9. The standard InChI is InChI=1S/C34H60N2P2.2C24H20B.C4H10O.2C2H3N.Fe/c1-5-15-29(16-6-1)37(30-17-7-2-8-18-30)27-25-35-33-23-13-14-24-34(33)36-26-28-38(31-19-9-3-10-20-31)32-21-11-4-12-22-32;2*1-5-13-21(14-6-1)25(22-15-7-2-8-16-22,23-17-9-3-10-18-23)24-19-11-4-12-20-24;1-3-5-4-2;2*1-2-3;/h25-26,29-34H,1-24,27-28H2;2*1-20H;3-4H2,1-2H3;2*1H3;/q;2*-1;;;;+2/p+2/t33-,34-;;;;;;/m1....../s1. The fourth-order valence-electron chi connectivity index (χ4n) is 17.7. The average molecular weight is 1410 g/mol. The second-order valence-electron chi connectivity index (χ2n) is 28.2. The topological polar surface area (TPSA) is 81.5 Å². The smallest absolute Gasteiger partial charge is 0.382 e. The number of rotatable bonds is 20. The first-order chi connectivity index (χ1) is 49.0. The van der Waals surface area contributed by atoms with Crippen LogP contribution in [0.4, 0.5) is 0 Å². The minimum Gasteiger partial charge on any atom is -0.382 e. The van der Waals surface area contributed by atoms with Gasteiger partial charge in [0.25, 0.3) is 0 Å². The van der Waals surface area contributed by atoms with Gasteiger partial charge in [-0.1, -0.05) is 281 Å². The predicted molar refractivity (Wildman–Crippen MR) is 442 cm³/mol. The molecular formula is C90H118B2FeN4OP2+2. The zero-order valence-electron chi connectivity index (χ0n) is 61.2. The summed E-state index contributed by atoms with van der Waals surface area (Å²) >= 11 is 0. The molecule has 13 rings (SSSR count). The molecule has 8 aromatic rings. The van der Waals surface area contributed by atoms with Gasteiger partial charge in [-0.15, -0.1) is 0 Å². The van der Waals surface area contributed by atoms with Crippen molar-refractivity contribution in [2.75, 3.05) is 25.5 Å². The molecule has 0 amide bonds. The molecular weight excluding hydrogens is 1290 g/mol. The van der Waals surface area contributed by atoms with E-state index in [9.17, 15) is 0 Å². The summed E-state index contributed by atoms with van der Waals surface area (Å²) in [5.41, 5.74) is 15.1. The van der Waals surface area contributed by atoms with E-state index in [-0.39, 0.29) is 32.9 Å². The van der Waals surface area contributed by atoms with Gasteiger partial charge in [-0.25, -0.2) is 0 Å². The summed E-state index contributed by atoms with van der Waals surface area (Å²) < 4.78 is 4.83. The van der Waals surface area contributed by atoms with E-state index in [2.05, 4.69) is 255 Å². The minimum absolute atomic E-state index is 0.